The lowest BCUT2D eigenvalue weighted by Crippen LogP contribution is -2.00. The van der Waals surface area contributed by atoms with E-state index in [1.165, 1.54) is 36.4 Å². The van der Waals surface area contributed by atoms with E-state index < -0.39 is 57.7 Å². The normalized spacial score (nSPS) is 12.0. The highest BCUT2D eigenvalue weighted by molar-refractivity contribution is 5.69. The van der Waals surface area contributed by atoms with Crippen LogP contribution >= 0.6 is 0 Å². The van der Waals surface area contributed by atoms with Crippen molar-refractivity contribution in [3.63, 3.8) is 0 Å². The standard InChI is InChI=1S/C29H18F8/c1-15(30)28(36)19-7-4-17(5-8-19)20-9-6-18(22(31)12-20)3-2-16-10-23(32)27(24(33)11-16)21-13-25(34)29(37)26(35)14-21/h4-14H,2-3H2,1H3/b28-15+. The Hall–Kier alpha value is -3.94. The molecule has 0 aromatic heterocycles. The van der Waals surface area contributed by atoms with Crippen LogP contribution in [0.2, 0.25) is 0 Å². The second-order valence-electron chi connectivity index (χ2n) is 8.42. The Bertz CT molecular complexity index is 1450. The molecular formula is C29H18F8. The van der Waals surface area contributed by atoms with Crippen LogP contribution in [-0.2, 0) is 12.8 Å². The fourth-order valence-electron chi connectivity index (χ4n) is 3.96. The molecule has 0 bridgehead atoms. The van der Waals surface area contributed by atoms with E-state index in [0.717, 1.165) is 19.1 Å². The predicted octanol–water partition coefficient (Wildman–Crippen LogP) is 9.27. The Morgan fingerprint density at radius 3 is 1.65 bits per heavy atom. The van der Waals surface area contributed by atoms with Crippen LogP contribution in [0, 0.1) is 34.9 Å². The third-order valence-corrected chi connectivity index (χ3v) is 5.88. The van der Waals surface area contributed by atoms with Crippen LogP contribution in [0.3, 0.4) is 0 Å². The van der Waals surface area contributed by atoms with Crippen molar-refractivity contribution in [2.45, 2.75) is 19.8 Å². The van der Waals surface area contributed by atoms with Crippen LogP contribution in [0.4, 0.5) is 35.1 Å². The Kier molecular flexibility index (Phi) is 7.47. The minimum atomic E-state index is -1.75. The maximum Gasteiger partial charge on any atom is 0.194 e. The molecule has 0 nitrogen and oxygen atoms in total. The molecule has 37 heavy (non-hydrogen) atoms. The van der Waals surface area contributed by atoms with Crippen molar-refractivity contribution in [1.82, 2.24) is 0 Å². The van der Waals surface area contributed by atoms with Crippen LogP contribution in [-0.4, -0.2) is 0 Å². The Morgan fingerprint density at radius 2 is 1.11 bits per heavy atom. The third-order valence-electron chi connectivity index (χ3n) is 5.88. The summed E-state index contributed by atoms with van der Waals surface area (Å²) in [5.74, 6) is -9.60. The number of halogens is 8. The molecule has 4 aromatic carbocycles. The molecule has 0 fully saturated rings. The zero-order valence-electron chi connectivity index (χ0n) is 19.3. The second kappa shape index (κ2) is 10.6. The van der Waals surface area contributed by atoms with Crippen LogP contribution in [0.15, 0.2) is 72.6 Å². The van der Waals surface area contributed by atoms with Gasteiger partial charge in [-0.15, -0.1) is 0 Å². The van der Waals surface area contributed by atoms with Gasteiger partial charge in [-0.2, -0.15) is 0 Å². The van der Waals surface area contributed by atoms with Gasteiger partial charge in [0.1, 0.15) is 23.3 Å². The molecule has 190 valence electrons. The largest absolute Gasteiger partial charge is 0.209 e. The molecule has 0 heterocycles. The smallest absolute Gasteiger partial charge is 0.194 e. The van der Waals surface area contributed by atoms with Gasteiger partial charge in [0, 0.05) is 5.56 Å². The van der Waals surface area contributed by atoms with E-state index in [1.54, 1.807) is 6.07 Å². The zero-order valence-corrected chi connectivity index (χ0v) is 19.3. The van der Waals surface area contributed by atoms with Crippen molar-refractivity contribution >= 4 is 5.83 Å². The van der Waals surface area contributed by atoms with Crippen molar-refractivity contribution < 1.29 is 35.1 Å². The summed E-state index contributed by atoms with van der Waals surface area (Å²) in [6.45, 7) is 1.00. The summed E-state index contributed by atoms with van der Waals surface area (Å²) in [6, 6.07) is 13.1. The van der Waals surface area contributed by atoms with E-state index in [2.05, 4.69) is 0 Å². The van der Waals surface area contributed by atoms with Gasteiger partial charge in [0.2, 0.25) is 0 Å². The molecule has 4 rings (SSSR count). The van der Waals surface area contributed by atoms with E-state index in [4.69, 9.17) is 0 Å². The maximum atomic E-state index is 14.7. The summed E-state index contributed by atoms with van der Waals surface area (Å²) in [5, 5.41) is 0. The first-order valence-electron chi connectivity index (χ1n) is 11.1. The topological polar surface area (TPSA) is 0 Å². The molecule has 4 aromatic rings. The summed E-state index contributed by atoms with van der Waals surface area (Å²) >= 11 is 0. The number of benzene rings is 4. The van der Waals surface area contributed by atoms with E-state index in [1.807, 2.05) is 0 Å². The fourth-order valence-corrected chi connectivity index (χ4v) is 3.96. The van der Waals surface area contributed by atoms with Crippen LogP contribution in [0.25, 0.3) is 28.1 Å². The second-order valence-corrected chi connectivity index (χ2v) is 8.42. The highest BCUT2D eigenvalue weighted by atomic mass is 19.2. The van der Waals surface area contributed by atoms with E-state index in [0.29, 0.717) is 23.3 Å². The average Bonchev–Trinajstić information content (AvgIpc) is 2.85. The molecule has 0 saturated heterocycles. The average molecular weight is 518 g/mol. The van der Waals surface area contributed by atoms with Crippen LogP contribution < -0.4 is 0 Å². The molecule has 0 radical (unpaired) electrons. The first-order valence-corrected chi connectivity index (χ1v) is 11.1. The first-order chi connectivity index (χ1) is 17.5. The molecule has 0 atom stereocenters. The Balaban J connectivity index is 1.51. The van der Waals surface area contributed by atoms with Gasteiger partial charge in [-0.3, -0.25) is 0 Å². The summed E-state index contributed by atoms with van der Waals surface area (Å²) in [7, 11) is 0. The van der Waals surface area contributed by atoms with E-state index in [9.17, 15) is 35.1 Å². The lowest BCUT2D eigenvalue weighted by molar-refractivity contribution is 0.447. The van der Waals surface area contributed by atoms with Gasteiger partial charge in [0.05, 0.1) is 5.56 Å². The van der Waals surface area contributed by atoms with Gasteiger partial charge < -0.3 is 0 Å². The van der Waals surface area contributed by atoms with Crippen molar-refractivity contribution in [3.8, 4) is 22.3 Å². The fraction of sp³-hybridized carbons (Fsp3) is 0.103. The van der Waals surface area contributed by atoms with E-state index >= 15 is 0 Å². The van der Waals surface area contributed by atoms with Gasteiger partial charge in [-0.05, 0) is 77.9 Å². The van der Waals surface area contributed by atoms with Crippen molar-refractivity contribution in [1.29, 1.82) is 0 Å². The number of rotatable bonds is 6. The molecule has 0 N–H and O–H groups in total. The van der Waals surface area contributed by atoms with Gasteiger partial charge >= 0.3 is 0 Å². The minimum absolute atomic E-state index is 0.0550. The zero-order chi connectivity index (χ0) is 26.9. The monoisotopic (exact) mass is 518 g/mol. The Morgan fingerprint density at radius 1 is 0.568 bits per heavy atom. The predicted molar refractivity (Wildman–Crippen MR) is 126 cm³/mol. The molecule has 0 unspecified atom stereocenters. The minimum Gasteiger partial charge on any atom is -0.209 e. The molecular weight excluding hydrogens is 500 g/mol. The quantitative estimate of drug-likeness (QED) is 0.176. The van der Waals surface area contributed by atoms with Gasteiger partial charge in [0.15, 0.2) is 23.3 Å². The number of hydrogen-bond donors (Lipinski definition) is 0. The summed E-state index contributed by atoms with van der Waals surface area (Å²) in [4.78, 5) is 0. The van der Waals surface area contributed by atoms with E-state index in [-0.39, 0.29) is 29.5 Å². The molecule has 0 aliphatic carbocycles. The number of aryl methyl sites for hydroxylation is 2. The highest BCUT2D eigenvalue weighted by Crippen LogP contribution is 2.31. The number of allylic oxidation sites excluding steroid dienone is 1. The van der Waals surface area contributed by atoms with Crippen molar-refractivity contribution in [2.75, 3.05) is 0 Å². The lowest BCUT2D eigenvalue weighted by Gasteiger charge is -2.11. The summed E-state index contributed by atoms with van der Waals surface area (Å²) in [5.41, 5.74) is 0.378. The van der Waals surface area contributed by atoms with Crippen molar-refractivity contribution in [3.05, 3.63) is 124 Å². The highest BCUT2D eigenvalue weighted by Gasteiger charge is 2.18. The molecule has 0 spiro atoms. The molecule has 0 aliphatic heterocycles. The van der Waals surface area contributed by atoms with Gasteiger partial charge in [-0.25, -0.2) is 35.1 Å². The SMILES string of the molecule is C/C(F)=C(\F)c1ccc(-c2ccc(CCc3cc(F)c(-c4cc(F)c(F)c(F)c4)c(F)c3)c(F)c2)cc1. The summed E-state index contributed by atoms with van der Waals surface area (Å²) < 4.78 is 111. The van der Waals surface area contributed by atoms with Gasteiger partial charge in [-0.1, -0.05) is 36.4 Å². The van der Waals surface area contributed by atoms with Crippen LogP contribution in [0.5, 0.6) is 0 Å². The molecule has 0 aliphatic rings. The van der Waals surface area contributed by atoms with Crippen LogP contribution in [0.1, 0.15) is 23.6 Å². The molecule has 0 saturated carbocycles. The lowest BCUT2D eigenvalue weighted by atomic mass is 9.97. The van der Waals surface area contributed by atoms with Gasteiger partial charge in [0.25, 0.3) is 0 Å². The number of hydrogen-bond acceptors (Lipinski definition) is 0. The summed E-state index contributed by atoms with van der Waals surface area (Å²) in [6.07, 6.45) is 0.147. The van der Waals surface area contributed by atoms with Crippen molar-refractivity contribution in [2.24, 2.45) is 0 Å². The Labute approximate surface area is 207 Å². The molecule has 0 amide bonds. The first kappa shape index (κ1) is 26.1. The maximum absolute atomic E-state index is 14.7. The third kappa shape index (κ3) is 5.58. The molecule has 8 heteroatoms.